The Morgan fingerprint density at radius 2 is 1.44 bits per heavy atom. The number of methoxy groups -OCH3 is 2. The quantitative estimate of drug-likeness (QED) is 0.289. The summed E-state index contributed by atoms with van der Waals surface area (Å²) in [6, 6.07) is 23.1. The van der Waals surface area contributed by atoms with E-state index in [1.54, 1.807) is 39.3 Å². The number of para-hydroxylation sites is 1. The molecule has 0 bridgehead atoms. The zero-order valence-corrected chi connectivity index (χ0v) is 19.8. The third kappa shape index (κ3) is 6.93. The minimum absolute atomic E-state index is 0.220. The lowest BCUT2D eigenvalue weighted by atomic mass is 10.1. The fraction of sp³-hybridized carbons (Fsp3) is 0.222. The van der Waals surface area contributed by atoms with Crippen molar-refractivity contribution in [1.29, 1.82) is 0 Å². The molecule has 0 radical (unpaired) electrons. The second-order valence-electron chi connectivity index (χ2n) is 6.87. The van der Waals surface area contributed by atoms with Crippen LogP contribution in [0.1, 0.15) is 29.8 Å². The summed E-state index contributed by atoms with van der Waals surface area (Å²) in [5.74, 6) is -0.132. The van der Waals surface area contributed by atoms with Crippen LogP contribution in [0, 0.1) is 0 Å². The van der Waals surface area contributed by atoms with Gasteiger partial charge in [-0.1, -0.05) is 42.5 Å². The average Bonchev–Trinajstić information content (AvgIpc) is 2.88. The Balaban J connectivity index is 0.000000379. The van der Waals surface area contributed by atoms with Crippen molar-refractivity contribution in [3.05, 3.63) is 90.0 Å². The predicted molar refractivity (Wildman–Crippen MR) is 128 cm³/mol. The van der Waals surface area contributed by atoms with E-state index in [2.05, 4.69) is 0 Å². The summed E-state index contributed by atoms with van der Waals surface area (Å²) in [7, 11) is 3.21. The highest BCUT2D eigenvalue weighted by atomic mass is 16.5. The van der Waals surface area contributed by atoms with E-state index >= 15 is 0 Å². The van der Waals surface area contributed by atoms with Gasteiger partial charge in [-0.15, -0.1) is 0 Å². The Labute approximate surface area is 199 Å². The Hall–Kier alpha value is -4.13. The second kappa shape index (κ2) is 13.4. The minimum atomic E-state index is -1.13. The van der Waals surface area contributed by atoms with Gasteiger partial charge in [0.1, 0.15) is 18.0 Å². The van der Waals surface area contributed by atoms with Gasteiger partial charge in [-0.05, 0) is 43.7 Å². The van der Waals surface area contributed by atoms with Gasteiger partial charge < -0.3 is 24.1 Å². The first kappa shape index (κ1) is 26.1. The van der Waals surface area contributed by atoms with E-state index < -0.39 is 5.97 Å². The van der Waals surface area contributed by atoms with Crippen molar-refractivity contribution in [3.63, 3.8) is 0 Å². The van der Waals surface area contributed by atoms with E-state index in [0.29, 0.717) is 30.2 Å². The van der Waals surface area contributed by atoms with Crippen molar-refractivity contribution in [1.82, 2.24) is 0 Å². The van der Waals surface area contributed by atoms with Crippen LogP contribution in [0.25, 0.3) is 0 Å². The zero-order valence-electron chi connectivity index (χ0n) is 19.8. The number of carboxylic acids is 1. The predicted octanol–water partition coefficient (Wildman–Crippen LogP) is 3.47. The number of carbonyl (C=O) groups excluding carboxylic acids is 2. The average molecular weight is 464 g/mol. The Morgan fingerprint density at radius 1 is 0.824 bits per heavy atom. The molecule has 34 heavy (non-hydrogen) atoms. The summed E-state index contributed by atoms with van der Waals surface area (Å²) in [5.41, 5.74) is 2.24. The van der Waals surface area contributed by atoms with Crippen LogP contribution >= 0.6 is 0 Å². The van der Waals surface area contributed by atoms with Crippen molar-refractivity contribution < 1.29 is 33.5 Å². The molecule has 0 atom stereocenters. The number of rotatable bonds is 8. The Kier molecular flexibility index (Phi) is 10.3. The van der Waals surface area contributed by atoms with Crippen LogP contribution in [-0.4, -0.2) is 49.6 Å². The van der Waals surface area contributed by atoms with Crippen LogP contribution in [0.5, 0.6) is 11.5 Å². The van der Waals surface area contributed by atoms with Crippen LogP contribution in [0.2, 0.25) is 0 Å². The summed E-state index contributed by atoms with van der Waals surface area (Å²) in [4.78, 5) is 22.8. The maximum atomic E-state index is 12.7. The van der Waals surface area contributed by atoms with Crippen LogP contribution < -0.4 is 14.6 Å². The van der Waals surface area contributed by atoms with Crippen molar-refractivity contribution in [2.45, 2.75) is 13.8 Å². The molecule has 0 saturated carbocycles. The van der Waals surface area contributed by atoms with Gasteiger partial charge in [0.2, 0.25) is 5.69 Å². The van der Waals surface area contributed by atoms with E-state index in [9.17, 15) is 14.7 Å². The molecule has 0 aliphatic carbocycles. The number of hydrogen-bond donors (Lipinski definition) is 0. The lowest BCUT2D eigenvalue weighted by molar-refractivity contribution is -0.435. The molecule has 0 aliphatic heterocycles. The maximum Gasteiger partial charge on any atom is 0.404 e. The fourth-order valence-electron chi connectivity index (χ4n) is 3.21. The topological polar surface area (TPSA) is 87.9 Å². The molecule has 3 aromatic rings. The van der Waals surface area contributed by atoms with E-state index in [4.69, 9.17) is 14.2 Å². The first-order valence-electron chi connectivity index (χ1n) is 10.8. The van der Waals surface area contributed by atoms with Crippen molar-refractivity contribution in [3.8, 4) is 11.5 Å². The van der Waals surface area contributed by atoms with Gasteiger partial charge in [0.25, 0.3) is 0 Å². The van der Waals surface area contributed by atoms with E-state index in [1.165, 1.54) is 12.1 Å². The lowest BCUT2D eigenvalue weighted by Gasteiger charge is -2.11. The number of carboxylic acid groups (broad SMARTS) is 1. The maximum absolute atomic E-state index is 12.7. The standard InChI is InChI=1S/C20H24NO4.C7H6O2/c1-5-21(15-11-13-16(23-3)14-12-15)19(20(22)25-6-2)17-9-7-8-10-18(17)24-4;8-7(9)6-4-2-1-3-5-6/h7-14H,5-6H2,1-4H3;1-5H,(H,8,9)/q+1;/p-1. The highest BCUT2D eigenvalue weighted by Gasteiger charge is 2.30. The molecule has 0 saturated heterocycles. The van der Waals surface area contributed by atoms with Gasteiger partial charge in [-0.2, -0.15) is 4.58 Å². The Morgan fingerprint density at radius 3 is 1.94 bits per heavy atom. The highest BCUT2D eigenvalue weighted by Crippen LogP contribution is 2.23. The highest BCUT2D eigenvalue weighted by molar-refractivity contribution is 6.42. The summed E-state index contributed by atoms with van der Waals surface area (Å²) in [6.45, 7) is 4.68. The molecule has 0 heterocycles. The van der Waals surface area contributed by atoms with Crippen LogP contribution in [0.15, 0.2) is 78.9 Å². The van der Waals surface area contributed by atoms with Crippen LogP contribution in [-0.2, 0) is 9.53 Å². The summed E-state index contributed by atoms with van der Waals surface area (Å²) < 4.78 is 17.9. The van der Waals surface area contributed by atoms with Gasteiger partial charge in [0.15, 0.2) is 0 Å². The SMILES string of the molecule is CCOC(=O)C(c1ccccc1OC)=[N+](CC)c1ccc(OC)cc1.O=C([O-])c1ccccc1. The molecule has 3 aromatic carbocycles. The number of nitrogens with zero attached hydrogens (tertiary/aromatic N) is 1. The van der Waals surface area contributed by atoms with Gasteiger partial charge in [0.05, 0.1) is 32.4 Å². The summed E-state index contributed by atoms with van der Waals surface area (Å²) in [6.07, 6.45) is 0. The van der Waals surface area contributed by atoms with Crippen LogP contribution in [0.4, 0.5) is 5.69 Å². The number of hydrogen-bond acceptors (Lipinski definition) is 6. The van der Waals surface area contributed by atoms with Gasteiger partial charge in [-0.3, -0.25) is 0 Å². The third-order valence-electron chi connectivity index (χ3n) is 4.81. The number of benzene rings is 3. The minimum Gasteiger partial charge on any atom is -0.545 e. The first-order chi connectivity index (χ1) is 16.5. The molecule has 3 rings (SSSR count). The molecule has 7 nitrogen and oxygen atoms in total. The van der Waals surface area contributed by atoms with Crippen LogP contribution in [0.3, 0.4) is 0 Å². The van der Waals surface area contributed by atoms with Gasteiger partial charge in [0, 0.05) is 12.1 Å². The monoisotopic (exact) mass is 463 g/mol. The van der Waals surface area contributed by atoms with Crippen molar-refractivity contribution >= 4 is 23.3 Å². The first-order valence-corrected chi connectivity index (χ1v) is 10.8. The lowest BCUT2D eigenvalue weighted by Crippen LogP contribution is -2.29. The summed E-state index contributed by atoms with van der Waals surface area (Å²) >= 11 is 0. The van der Waals surface area contributed by atoms with Gasteiger partial charge >= 0.3 is 11.7 Å². The normalized spacial score (nSPS) is 10.8. The molecule has 0 aliphatic rings. The summed E-state index contributed by atoms with van der Waals surface area (Å²) in [5, 5.41) is 10.1. The van der Waals surface area contributed by atoms with Gasteiger partial charge in [-0.25, -0.2) is 4.79 Å². The molecular weight excluding hydrogens is 434 g/mol. The number of aromatic carboxylic acids is 1. The molecule has 0 N–H and O–H groups in total. The van der Waals surface area contributed by atoms with E-state index in [0.717, 1.165) is 11.4 Å². The van der Waals surface area contributed by atoms with E-state index in [1.807, 2.05) is 60.0 Å². The van der Waals surface area contributed by atoms with Crippen molar-refractivity contribution in [2.75, 3.05) is 27.4 Å². The third-order valence-corrected chi connectivity index (χ3v) is 4.81. The van der Waals surface area contributed by atoms with E-state index in [-0.39, 0.29) is 11.5 Å². The molecule has 0 amide bonds. The second-order valence-corrected chi connectivity index (χ2v) is 6.87. The largest absolute Gasteiger partial charge is 0.545 e. The smallest absolute Gasteiger partial charge is 0.404 e. The number of esters is 1. The number of carbonyl (C=O) groups is 2. The van der Waals surface area contributed by atoms with Crippen molar-refractivity contribution in [2.24, 2.45) is 0 Å². The fourth-order valence-corrected chi connectivity index (χ4v) is 3.21. The molecule has 178 valence electrons. The molecule has 0 spiro atoms. The molecule has 7 heteroatoms. The number of ether oxygens (including phenoxy) is 3. The molecule has 0 aromatic heterocycles. The molecule has 0 fully saturated rings. The Bertz CT molecular complexity index is 1110. The zero-order chi connectivity index (χ0) is 24.9. The molecular formula is C27H29NO6. The molecule has 0 unspecified atom stereocenters.